The van der Waals surface area contributed by atoms with Crippen molar-refractivity contribution in [3.63, 3.8) is 0 Å². The van der Waals surface area contributed by atoms with E-state index in [9.17, 15) is 93.0 Å². The number of benzene rings is 3. The molecule has 26 N–H and O–H groups in total. The smallest absolute Gasteiger partial charge is 0.328 e. The summed E-state index contributed by atoms with van der Waals surface area (Å²) < 4.78 is 0. The van der Waals surface area contributed by atoms with Gasteiger partial charge in [0.15, 0.2) is 5.96 Å². The van der Waals surface area contributed by atoms with Crippen LogP contribution in [0.2, 0.25) is 0 Å². The van der Waals surface area contributed by atoms with E-state index < -0.39 is 198 Å². The van der Waals surface area contributed by atoms with Crippen LogP contribution in [0.1, 0.15) is 135 Å². The number of guanidine groups is 1. The number of rotatable bonds is 51. The number of hydrogen-bond donors (Lipinski definition) is 25. The lowest BCUT2D eigenvalue weighted by molar-refractivity contribution is -0.143. The molecule has 5 aromatic rings. The molecule has 3 aromatic carbocycles. The minimum atomic E-state index is -1.78. The molecule has 0 saturated carbocycles. The Labute approximate surface area is 733 Å². The van der Waals surface area contributed by atoms with E-state index in [1.807, 2.05) is 0 Å². The highest BCUT2D eigenvalue weighted by Gasteiger charge is 2.43. The van der Waals surface area contributed by atoms with Gasteiger partial charge < -0.3 is 126 Å². The molecule has 0 unspecified atom stereocenters. The monoisotopic (exact) mass is 1780 g/mol. The fraction of sp³-hybridized carbons (Fsp3) is 0.518. The summed E-state index contributed by atoms with van der Waals surface area (Å²) in [5, 5.41) is 101. The SMILES string of the molecule is CC[C@H](C)[C@H](NC(=O)[C@H](Cc1ccc(O)cc1)NC(=O)[C@@H](NC(=O)[C@H](CCCNC(=N)N)NC(=O)[C@@H](N)CC(=O)O)C(C)C)C(=O)N[C@@H](Cc1cnc[nH]1)C(=O)N1CCC[C@H]1C(=O)N[C@@H](CS)C(=O)N[C@@H](Cc1cnc[nH]1)C(=O)N[C@@H](CC(C)C)C(=O)N[C@@H](CC(C)C)C(=O)N[C@@H](Cc1ccc(O)cc1)C(=O)N[C@@H](Cc1ccc(O)cc1)C(=O)N[C@@H](CO)C(=O)O. The summed E-state index contributed by atoms with van der Waals surface area (Å²) in [5.74, 6) is -17.9. The van der Waals surface area contributed by atoms with Gasteiger partial charge in [0, 0.05) is 74.7 Å². The molecule has 0 radical (unpaired) electrons. The van der Waals surface area contributed by atoms with Crippen LogP contribution in [0, 0.1) is 29.1 Å². The lowest BCUT2D eigenvalue weighted by atomic mass is 9.96. The number of H-pyrrole nitrogens is 2. The molecule has 1 aliphatic heterocycles. The van der Waals surface area contributed by atoms with Gasteiger partial charge in [-0.15, -0.1) is 0 Å². The first-order valence-corrected chi connectivity index (χ1v) is 42.0. The van der Waals surface area contributed by atoms with Gasteiger partial charge in [-0.2, -0.15) is 12.6 Å². The second kappa shape index (κ2) is 50.1. The van der Waals surface area contributed by atoms with E-state index in [0.717, 1.165) is 0 Å². The van der Waals surface area contributed by atoms with Crippen LogP contribution in [0.3, 0.4) is 0 Å². The van der Waals surface area contributed by atoms with Crippen LogP contribution >= 0.6 is 12.6 Å². The van der Waals surface area contributed by atoms with Gasteiger partial charge >= 0.3 is 11.9 Å². The van der Waals surface area contributed by atoms with Gasteiger partial charge in [-0.25, -0.2) is 14.8 Å². The first-order chi connectivity index (χ1) is 59.7. The minimum Gasteiger partial charge on any atom is -0.508 e. The Morgan fingerprint density at radius 3 is 1.29 bits per heavy atom. The van der Waals surface area contributed by atoms with Crippen molar-refractivity contribution in [3.05, 3.63) is 126 Å². The Morgan fingerprint density at radius 2 is 0.881 bits per heavy atom. The van der Waals surface area contributed by atoms with Crippen molar-refractivity contribution in [2.75, 3.05) is 25.4 Å². The number of aromatic nitrogens is 4. The molecule has 2 aromatic heterocycles. The molecule has 13 amide bonds. The number of aromatic amines is 2. The molecule has 1 fully saturated rings. The Kier molecular flexibility index (Phi) is 40.5. The number of carbonyl (C=O) groups excluding carboxylic acids is 13. The fourth-order valence-corrected chi connectivity index (χ4v) is 13.9. The number of thiol groups is 1. The van der Waals surface area contributed by atoms with E-state index in [4.69, 9.17) is 16.9 Å². The zero-order valence-electron chi connectivity index (χ0n) is 71.4. The van der Waals surface area contributed by atoms with Crippen LogP contribution in [0.15, 0.2) is 97.8 Å². The zero-order chi connectivity index (χ0) is 93.2. The second-order valence-electron chi connectivity index (χ2n) is 32.2. The third kappa shape index (κ3) is 33.0. The average Bonchev–Trinajstić information content (AvgIpc) is 1.68. The number of nitrogens with one attached hydrogen (secondary N) is 16. The fourth-order valence-electron chi connectivity index (χ4n) is 13.7. The highest BCUT2D eigenvalue weighted by molar-refractivity contribution is 7.80. The van der Waals surface area contributed by atoms with Crippen LogP contribution in [0.25, 0.3) is 0 Å². The number of likely N-dealkylation sites (tertiary alicyclic amines) is 1. The van der Waals surface area contributed by atoms with Crippen molar-refractivity contribution in [2.24, 2.45) is 35.1 Å². The molecule has 3 heterocycles. The number of aromatic hydroxyl groups is 3. The standard InChI is InChI=1S/C83H119N21O21S/c1-9-45(8)68(103-76(118)60(32-48-18-24-53(108)25-19-48)98-79(121)67(44(6)7)102-70(112)55(12-10-26-89-83(85)86)92-69(111)54(84)35-66(109)110)80(122)99-62(34-50-37-88-41-91-50)81(123)104-27-11-13-65(104)78(120)101-64(39-126)77(119)97-61(33-49-36-87-40-90-49)75(117)94-56(28-42(2)3)71(113)93-57(29-43(4)5)72(114)95-58(30-46-14-20-51(106)21-15-46)73(115)96-59(31-47-16-22-52(107)23-17-47)74(116)100-63(38-105)82(124)125/h14-25,36-37,40-45,54-65,67-68,105-108,126H,9-13,26-35,38-39,84H2,1-8H3,(H,87,90)(H,88,91)(H,92,111)(H,93,113)(H,94,117)(H,95,114)(H,96,115)(H,97,119)(H,98,121)(H,99,122)(H,100,116)(H,101,120)(H,102,112)(H,103,118)(H,109,110)(H,124,125)(H4,85,86,89)/t45-,54-,55-,56-,57-,58-,59-,60-,61-,62-,63-,64-,65-,67-,68-/m0/s1. The maximum absolute atomic E-state index is 15.2. The summed E-state index contributed by atoms with van der Waals surface area (Å²) in [6.07, 6.45) is 3.84. The first kappa shape index (κ1) is 102. The molecule has 15 atom stereocenters. The van der Waals surface area contributed by atoms with Crippen molar-refractivity contribution in [1.29, 1.82) is 5.41 Å². The summed E-state index contributed by atoms with van der Waals surface area (Å²) in [4.78, 5) is 228. The number of aliphatic carboxylic acids is 2. The molecule has 6 rings (SSSR count). The number of phenolic OH excluding ortho intramolecular Hbond substituents is 3. The Bertz CT molecular complexity index is 4510. The maximum Gasteiger partial charge on any atom is 0.328 e. The predicted molar refractivity (Wildman–Crippen MR) is 459 cm³/mol. The minimum absolute atomic E-state index is 0.0299. The van der Waals surface area contributed by atoms with E-state index >= 15 is 9.59 Å². The lowest BCUT2D eigenvalue weighted by Crippen LogP contribution is -2.62. The normalized spacial score (nSPS) is 15.8. The van der Waals surface area contributed by atoms with Crippen molar-refractivity contribution in [3.8, 4) is 17.2 Å². The van der Waals surface area contributed by atoms with Crippen molar-refractivity contribution in [1.82, 2.24) is 94.0 Å². The van der Waals surface area contributed by atoms with E-state index in [2.05, 4.69) is 102 Å². The molecule has 1 aliphatic rings. The highest BCUT2D eigenvalue weighted by Crippen LogP contribution is 2.23. The summed E-state index contributed by atoms with van der Waals surface area (Å²) in [6.45, 7) is 12.6. The highest BCUT2D eigenvalue weighted by atomic mass is 32.1. The van der Waals surface area contributed by atoms with Gasteiger partial charge in [0.1, 0.15) is 95.8 Å². The number of hydrogen-bond acceptors (Lipinski definition) is 24. The van der Waals surface area contributed by atoms with Crippen LogP contribution < -0.4 is 80.6 Å². The van der Waals surface area contributed by atoms with E-state index in [1.54, 1.807) is 55.4 Å². The Morgan fingerprint density at radius 1 is 0.500 bits per heavy atom. The number of carboxylic acids is 2. The quantitative estimate of drug-likeness (QED) is 0.00824. The van der Waals surface area contributed by atoms with E-state index in [1.165, 1.54) is 103 Å². The molecule has 43 heteroatoms. The molecular formula is C83H119N21O21S. The number of imidazole rings is 2. The molecule has 688 valence electrons. The summed E-state index contributed by atoms with van der Waals surface area (Å²) in [7, 11) is 0. The summed E-state index contributed by atoms with van der Waals surface area (Å²) in [5.41, 5.74) is 13.2. The topological polar surface area (TPSA) is 670 Å². The van der Waals surface area contributed by atoms with Crippen LogP contribution in [-0.2, 0) is 104 Å². The molecule has 0 spiro atoms. The number of nitrogens with zero attached hydrogens (tertiary/aromatic N) is 3. The van der Waals surface area contributed by atoms with Gasteiger partial charge in [0.25, 0.3) is 0 Å². The zero-order valence-corrected chi connectivity index (χ0v) is 72.3. The van der Waals surface area contributed by atoms with E-state index in [0.29, 0.717) is 28.1 Å². The molecule has 126 heavy (non-hydrogen) atoms. The third-order valence-corrected chi connectivity index (χ3v) is 21.1. The number of aliphatic hydroxyl groups is 1. The number of carboxylic acid groups (broad SMARTS) is 2. The number of phenols is 3. The molecular weight excluding hydrogens is 1660 g/mol. The average molecular weight is 1780 g/mol. The number of aliphatic hydroxyl groups excluding tert-OH is 1. The number of nitrogens with two attached hydrogens (primary N) is 2. The van der Waals surface area contributed by atoms with Crippen molar-refractivity contribution < 1.29 is 103 Å². The molecule has 0 aliphatic carbocycles. The molecule has 0 bridgehead atoms. The van der Waals surface area contributed by atoms with Crippen LogP contribution in [0.4, 0.5) is 0 Å². The Hall–Kier alpha value is -12.9. The Balaban J connectivity index is 1.20. The van der Waals surface area contributed by atoms with Gasteiger partial charge in [-0.3, -0.25) is 72.5 Å². The largest absolute Gasteiger partial charge is 0.508 e. The van der Waals surface area contributed by atoms with Gasteiger partial charge in [-0.05, 0) is 115 Å². The van der Waals surface area contributed by atoms with Crippen LogP contribution in [-0.4, -0.2) is 260 Å². The van der Waals surface area contributed by atoms with Gasteiger partial charge in [-0.1, -0.05) is 98.2 Å². The van der Waals surface area contributed by atoms with E-state index in [-0.39, 0.29) is 131 Å². The maximum atomic E-state index is 15.2. The molecule has 1 saturated heterocycles. The van der Waals surface area contributed by atoms with Crippen molar-refractivity contribution >= 4 is 107 Å². The summed E-state index contributed by atoms with van der Waals surface area (Å²) in [6, 6.07) is -4.08. The predicted octanol–water partition coefficient (Wildman–Crippen LogP) is -2.56. The second-order valence-corrected chi connectivity index (χ2v) is 32.6. The van der Waals surface area contributed by atoms with Crippen LogP contribution in [0.5, 0.6) is 17.2 Å². The third-order valence-electron chi connectivity index (χ3n) is 20.8. The first-order valence-electron chi connectivity index (χ1n) is 41.4. The van der Waals surface area contributed by atoms with Gasteiger partial charge in [0.2, 0.25) is 76.8 Å². The number of amides is 13. The lowest BCUT2D eigenvalue weighted by Gasteiger charge is -2.32. The summed E-state index contributed by atoms with van der Waals surface area (Å²) >= 11 is 4.42. The molecule has 42 nitrogen and oxygen atoms in total. The van der Waals surface area contributed by atoms with Crippen molar-refractivity contribution in [2.45, 2.75) is 223 Å². The van der Waals surface area contributed by atoms with Gasteiger partial charge in [0.05, 0.1) is 31.7 Å². The number of carbonyl (C=O) groups is 15.